The Morgan fingerprint density at radius 2 is 1.90 bits per heavy atom. The highest BCUT2D eigenvalue weighted by atomic mass is 16.4. The third-order valence-electron chi connectivity index (χ3n) is 4.96. The maximum Gasteiger partial charge on any atom is 0.230 e. The molecule has 2 saturated heterocycles. The van der Waals surface area contributed by atoms with Crippen LogP contribution in [0.15, 0.2) is 4.42 Å². The molecule has 3 aliphatic rings. The molecule has 0 amide bonds. The standard InChI is InChI=1S/C15H24N4O2/c20-13-9-18(8-12(13)19-6-2-1-3-7-19)10-14-16-17-15(21-14)11-4-5-11/h11-13,20H,1-10H2/t12-,13-/m1/s1. The monoisotopic (exact) mass is 292 g/mol. The Labute approximate surface area is 125 Å². The first-order valence-electron chi connectivity index (χ1n) is 8.26. The number of β-amino-alcohol motifs (C(OH)–C–C–N with tert-alkyl or cyclic N) is 1. The topological polar surface area (TPSA) is 65.6 Å². The lowest BCUT2D eigenvalue weighted by Gasteiger charge is -2.33. The number of aliphatic hydroxyl groups excluding tert-OH is 1. The van der Waals surface area contributed by atoms with Crippen LogP contribution in [0.2, 0.25) is 0 Å². The number of rotatable bonds is 4. The van der Waals surface area contributed by atoms with Gasteiger partial charge in [-0.3, -0.25) is 9.80 Å². The molecule has 6 heteroatoms. The molecule has 1 saturated carbocycles. The molecule has 0 radical (unpaired) electrons. The van der Waals surface area contributed by atoms with Crippen LogP contribution in [-0.2, 0) is 6.54 Å². The Kier molecular flexibility index (Phi) is 3.69. The molecule has 1 N–H and O–H groups in total. The zero-order chi connectivity index (χ0) is 14.2. The first kappa shape index (κ1) is 13.7. The van der Waals surface area contributed by atoms with Gasteiger partial charge in [-0.2, -0.15) is 0 Å². The highest BCUT2D eigenvalue weighted by Crippen LogP contribution is 2.39. The van der Waals surface area contributed by atoms with Crippen molar-refractivity contribution < 1.29 is 9.52 Å². The fourth-order valence-electron chi connectivity index (χ4n) is 3.60. The molecule has 2 aliphatic heterocycles. The normalized spacial score (nSPS) is 31.9. The van der Waals surface area contributed by atoms with Crippen molar-refractivity contribution in [3.8, 4) is 0 Å². The van der Waals surface area contributed by atoms with E-state index in [1.807, 2.05) is 0 Å². The summed E-state index contributed by atoms with van der Waals surface area (Å²) in [6.07, 6.45) is 5.96. The van der Waals surface area contributed by atoms with Crippen molar-refractivity contribution in [1.82, 2.24) is 20.0 Å². The van der Waals surface area contributed by atoms with Gasteiger partial charge in [-0.1, -0.05) is 6.42 Å². The first-order valence-corrected chi connectivity index (χ1v) is 8.26. The van der Waals surface area contributed by atoms with Gasteiger partial charge in [0.25, 0.3) is 0 Å². The van der Waals surface area contributed by atoms with Crippen molar-refractivity contribution in [2.45, 2.75) is 56.7 Å². The van der Waals surface area contributed by atoms with Gasteiger partial charge in [0.1, 0.15) is 0 Å². The number of aromatic nitrogens is 2. The van der Waals surface area contributed by atoms with Crippen LogP contribution >= 0.6 is 0 Å². The fraction of sp³-hybridized carbons (Fsp3) is 0.867. The highest BCUT2D eigenvalue weighted by Gasteiger charge is 2.36. The van der Waals surface area contributed by atoms with Crippen LogP contribution < -0.4 is 0 Å². The summed E-state index contributed by atoms with van der Waals surface area (Å²) in [5.41, 5.74) is 0. The number of hydrogen-bond donors (Lipinski definition) is 1. The molecule has 0 unspecified atom stereocenters. The van der Waals surface area contributed by atoms with Gasteiger partial charge in [-0.05, 0) is 38.8 Å². The van der Waals surface area contributed by atoms with Crippen LogP contribution in [0.5, 0.6) is 0 Å². The van der Waals surface area contributed by atoms with Gasteiger partial charge in [0, 0.05) is 25.0 Å². The molecule has 0 aromatic carbocycles. The second-order valence-electron chi connectivity index (χ2n) is 6.73. The summed E-state index contributed by atoms with van der Waals surface area (Å²) in [4.78, 5) is 4.70. The predicted octanol–water partition coefficient (Wildman–Crippen LogP) is 0.978. The smallest absolute Gasteiger partial charge is 0.230 e. The molecule has 6 nitrogen and oxygen atoms in total. The lowest BCUT2D eigenvalue weighted by Crippen LogP contribution is -2.45. The minimum absolute atomic E-state index is 0.256. The molecular formula is C15H24N4O2. The quantitative estimate of drug-likeness (QED) is 0.892. The number of hydrogen-bond acceptors (Lipinski definition) is 6. The summed E-state index contributed by atoms with van der Waals surface area (Å²) in [5, 5.41) is 18.6. The van der Waals surface area contributed by atoms with Crippen LogP contribution in [0.25, 0.3) is 0 Å². The van der Waals surface area contributed by atoms with Crippen molar-refractivity contribution in [2.24, 2.45) is 0 Å². The highest BCUT2D eigenvalue weighted by molar-refractivity contribution is 5.00. The largest absolute Gasteiger partial charge is 0.424 e. The Hall–Kier alpha value is -0.980. The molecule has 21 heavy (non-hydrogen) atoms. The van der Waals surface area contributed by atoms with Crippen molar-refractivity contribution in [3.05, 3.63) is 11.8 Å². The van der Waals surface area contributed by atoms with Crippen LogP contribution in [0.1, 0.15) is 49.8 Å². The number of piperidine rings is 1. The van der Waals surface area contributed by atoms with Gasteiger partial charge in [0.15, 0.2) is 0 Å². The SMILES string of the molecule is O[C@@H]1CN(Cc2nnc(C3CC3)o2)C[C@H]1N1CCCCC1. The van der Waals surface area contributed by atoms with E-state index in [2.05, 4.69) is 20.0 Å². The molecular weight excluding hydrogens is 268 g/mol. The van der Waals surface area contributed by atoms with Gasteiger partial charge in [0.2, 0.25) is 11.8 Å². The fourth-order valence-corrected chi connectivity index (χ4v) is 3.60. The molecule has 2 atom stereocenters. The summed E-state index contributed by atoms with van der Waals surface area (Å²) in [6.45, 7) is 4.54. The van der Waals surface area contributed by atoms with Crippen LogP contribution in [0.3, 0.4) is 0 Å². The van der Waals surface area contributed by atoms with Crippen molar-refractivity contribution in [2.75, 3.05) is 26.2 Å². The summed E-state index contributed by atoms with van der Waals surface area (Å²) in [7, 11) is 0. The minimum atomic E-state index is -0.256. The van der Waals surface area contributed by atoms with E-state index in [1.165, 1.54) is 32.1 Å². The van der Waals surface area contributed by atoms with Crippen LogP contribution in [-0.4, -0.2) is 63.4 Å². The van der Waals surface area contributed by atoms with E-state index in [0.29, 0.717) is 24.9 Å². The lowest BCUT2D eigenvalue weighted by molar-refractivity contribution is 0.0705. The zero-order valence-electron chi connectivity index (χ0n) is 12.4. The number of likely N-dealkylation sites (tertiary alicyclic amines) is 2. The van der Waals surface area contributed by atoms with E-state index in [0.717, 1.165) is 25.5 Å². The van der Waals surface area contributed by atoms with E-state index in [1.54, 1.807) is 0 Å². The average Bonchev–Trinajstić information content (AvgIpc) is 3.15. The third kappa shape index (κ3) is 2.98. The van der Waals surface area contributed by atoms with E-state index in [4.69, 9.17) is 4.42 Å². The molecule has 3 heterocycles. The average molecular weight is 292 g/mol. The van der Waals surface area contributed by atoms with E-state index < -0.39 is 0 Å². The molecule has 0 bridgehead atoms. The van der Waals surface area contributed by atoms with E-state index in [-0.39, 0.29) is 12.1 Å². The Balaban J connectivity index is 1.35. The van der Waals surface area contributed by atoms with Crippen molar-refractivity contribution in [3.63, 3.8) is 0 Å². The summed E-state index contributed by atoms with van der Waals surface area (Å²) >= 11 is 0. The molecule has 1 aromatic rings. The van der Waals surface area contributed by atoms with Gasteiger partial charge < -0.3 is 9.52 Å². The molecule has 1 aliphatic carbocycles. The molecule has 4 rings (SSSR count). The van der Waals surface area contributed by atoms with Gasteiger partial charge >= 0.3 is 0 Å². The molecule has 1 aromatic heterocycles. The summed E-state index contributed by atoms with van der Waals surface area (Å²) in [5.74, 6) is 2.01. The summed E-state index contributed by atoms with van der Waals surface area (Å²) in [6, 6.07) is 0.274. The van der Waals surface area contributed by atoms with Gasteiger partial charge in [-0.15, -0.1) is 10.2 Å². The van der Waals surface area contributed by atoms with Gasteiger partial charge in [0.05, 0.1) is 12.6 Å². The van der Waals surface area contributed by atoms with Crippen LogP contribution in [0.4, 0.5) is 0 Å². The number of aliphatic hydroxyl groups is 1. The van der Waals surface area contributed by atoms with Gasteiger partial charge in [-0.25, -0.2) is 0 Å². The van der Waals surface area contributed by atoms with E-state index in [9.17, 15) is 5.11 Å². The Morgan fingerprint density at radius 1 is 1.10 bits per heavy atom. The minimum Gasteiger partial charge on any atom is -0.424 e. The number of nitrogens with zero attached hydrogens (tertiary/aromatic N) is 4. The Morgan fingerprint density at radius 3 is 2.67 bits per heavy atom. The third-order valence-corrected chi connectivity index (χ3v) is 4.96. The van der Waals surface area contributed by atoms with E-state index >= 15 is 0 Å². The lowest BCUT2D eigenvalue weighted by atomic mass is 10.1. The maximum atomic E-state index is 10.3. The molecule has 116 valence electrons. The molecule has 3 fully saturated rings. The second-order valence-corrected chi connectivity index (χ2v) is 6.73. The second kappa shape index (κ2) is 5.66. The van der Waals surface area contributed by atoms with Crippen molar-refractivity contribution >= 4 is 0 Å². The maximum absolute atomic E-state index is 10.3. The molecule has 0 spiro atoms. The van der Waals surface area contributed by atoms with Crippen LogP contribution in [0, 0.1) is 0 Å². The predicted molar refractivity (Wildman–Crippen MR) is 76.8 cm³/mol. The zero-order valence-corrected chi connectivity index (χ0v) is 12.4. The van der Waals surface area contributed by atoms with Crippen molar-refractivity contribution in [1.29, 1.82) is 0 Å². The first-order chi connectivity index (χ1) is 10.3. The summed E-state index contributed by atoms with van der Waals surface area (Å²) < 4.78 is 5.73. The Bertz CT molecular complexity index is 482.